The summed E-state index contributed by atoms with van der Waals surface area (Å²) in [4.78, 5) is 0. The van der Waals surface area contributed by atoms with Crippen molar-refractivity contribution in [1.82, 2.24) is 5.32 Å². The summed E-state index contributed by atoms with van der Waals surface area (Å²) in [6.45, 7) is 3.93. The summed E-state index contributed by atoms with van der Waals surface area (Å²) in [5, 5.41) is 12.4. The Morgan fingerprint density at radius 1 is 1.10 bits per heavy atom. The third-order valence-electron chi connectivity index (χ3n) is 3.65. The molecule has 1 atom stereocenters. The van der Waals surface area contributed by atoms with E-state index in [1.165, 1.54) is 0 Å². The van der Waals surface area contributed by atoms with Crippen LogP contribution in [0.15, 0.2) is 12.1 Å². The molecule has 0 aliphatic rings. The van der Waals surface area contributed by atoms with Gasteiger partial charge in [-0.15, -0.1) is 0 Å². The van der Waals surface area contributed by atoms with Gasteiger partial charge in [-0.1, -0.05) is 19.4 Å². The van der Waals surface area contributed by atoms with Gasteiger partial charge in [-0.25, -0.2) is 0 Å². The molecule has 0 saturated heterocycles. The van der Waals surface area contributed by atoms with E-state index in [9.17, 15) is 0 Å². The van der Waals surface area contributed by atoms with E-state index in [2.05, 4.69) is 12.2 Å². The maximum Gasteiger partial charge on any atom is 0.203 e. The summed E-state index contributed by atoms with van der Waals surface area (Å²) in [6, 6.07) is 3.85. The molecule has 1 aromatic carbocycles. The van der Waals surface area contributed by atoms with Crippen LogP contribution in [-0.4, -0.2) is 39.6 Å². The van der Waals surface area contributed by atoms with E-state index in [-0.39, 0.29) is 6.61 Å². The highest BCUT2D eigenvalue weighted by Gasteiger charge is 2.15. The zero-order valence-electron chi connectivity index (χ0n) is 13.4. The molecule has 0 bridgehead atoms. The van der Waals surface area contributed by atoms with Gasteiger partial charge in [0.1, 0.15) is 0 Å². The Balaban J connectivity index is 2.75. The maximum atomic E-state index is 9.01. The zero-order valence-corrected chi connectivity index (χ0v) is 13.4. The smallest absolute Gasteiger partial charge is 0.203 e. The normalized spacial score (nSPS) is 12.0. The number of benzene rings is 1. The predicted octanol–water partition coefficient (Wildman–Crippen LogP) is 2.21. The van der Waals surface area contributed by atoms with Crippen molar-refractivity contribution in [3.8, 4) is 17.2 Å². The first-order valence-corrected chi connectivity index (χ1v) is 7.31. The molecule has 0 aromatic heterocycles. The van der Waals surface area contributed by atoms with E-state index < -0.39 is 0 Å². The minimum atomic E-state index is 0.236. The van der Waals surface area contributed by atoms with E-state index in [4.69, 9.17) is 19.3 Å². The lowest BCUT2D eigenvalue weighted by molar-refractivity contribution is 0.251. The SMILES string of the molecule is CCC(CCO)CNCc1ccc(OC)c(OC)c1OC. The standard InChI is InChI=1S/C16H27NO4/c1-5-12(8-9-18)10-17-11-13-6-7-14(19-2)16(21-4)15(13)20-3/h6-7,12,17-18H,5,8-11H2,1-4H3. The molecule has 21 heavy (non-hydrogen) atoms. The summed E-state index contributed by atoms with van der Waals surface area (Å²) in [5.74, 6) is 2.45. The molecule has 1 unspecified atom stereocenters. The van der Waals surface area contributed by atoms with Gasteiger partial charge < -0.3 is 24.6 Å². The lowest BCUT2D eigenvalue weighted by Crippen LogP contribution is -2.23. The van der Waals surface area contributed by atoms with Crippen LogP contribution in [0.25, 0.3) is 0 Å². The van der Waals surface area contributed by atoms with Crippen LogP contribution in [0.3, 0.4) is 0 Å². The van der Waals surface area contributed by atoms with Crippen LogP contribution < -0.4 is 19.5 Å². The monoisotopic (exact) mass is 297 g/mol. The van der Waals surface area contributed by atoms with E-state index in [0.29, 0.717) is 29.7 Å². The van der Waals surface area contributed by atoms with Crippen LogP contribution in [0.5, 0.6) is 17.2 Å². The Labute approximate surface area is 127 Å². The second-order valence-corrected chi connectivity index (χ2v) is 4.91. The highest BCUT2D eigenvalue weighted by Crippen LogP contribution is 2.39. The van der Waals surface area contributed by atoms with Gasteiger partial charge in [-0.05, 0) is 24.9 Å². The maximum absolute atomic E-state index is 9.01. The highest BCUT2D eigenvalue weighted by atomic mass is 16.5. The van der Waals surface area contributed by atoms with Crippen molar-refractivity contribution < 1.29 is 19.3 Å². The number of aliphatic hydroxyl groups is 1. The van der Waals surface area contributed by atoms with Gasteiger partial charge in [0.15, 0.2) is 11.5 Å². The molecule has 0 saturated carbocycles. The van der Waals surface area contributed by atoms with Crippen molar-refractivity contribution in [3.05, 3.63) is 17.7 Å². The van der Waals surface area contributed by atoms with Gasteiger partial charge in [0, 0.05) is 18.7 Å². The number of hydrogen-bond acceptors (Lipinski definition) is 5. The number of hydrogen-bond donors (Lipinski definition) is 2. The van der Waals surface area contributed by atoms with Crippen LogP contribution in [0.2, 0.25) is 0 Å². The average molecular weight is 297 g/mol. The van der Waals surface area contributed by atoms with Crippen molar-refractivity contribution in [2.24, 2.45) is 5.92 Å². The predicted molar refractivity (Wildman–Crippen MR) is 83.3 cm³/mol. The van der Waals surface area contributed by atoms with Crippen LogP contribution in [0, 0.1) is 5.92 Å². The summed E-state index contributed by atoms with van der Waals surface area (Å²) in [7, 11) is 4.84. The highest BCUT2D eigenvalue weighted by molar-refractivity contribution is 5.55. The first-order chi connectivity index (χ1) is 10.2. The Bertz CT molecular complexity index is 423. The van der Waals surface area contributed by atoms with Crippen LogP contribution >= 0.6 is 0 Å². The topological polar surface area (TPSA) is 60.0 Å². The number of ether oxygens (including phenoxy) is 3. The third kappa shape index (κ3) is 4.79. The number of rotatable bonds is 10. The van der Waals surface area contributed by atoms with E-state index in [1.807, 2.05) is 12.1 Å². The molecule has 0 fully saturated rings. The Morgan fingerprint density at radius 3 is 2.33 bits per heavy atom. The molecule has 0 heterocycles. The summed E-state index contributed by atoms with van der Waals surface area (Å²) >= 11 is 0. The minimum Gasteiger partial charge on any atom is -0.493 e. The van der Waals surface area contributed by atoms with Gasteiger partial charge >= 0.3 is 0 Å². The largest absolute Gasteiger partial charge is 0.493 e. The fourth-order valence-corrected chi connectivity index (χ4v) is 2.35. The Hall–Kier alpha value is -1.46. The molecule has 5 nitrogen and oxygen atoms in total. The molecule has 0 aliphatic heterocycles. The van der Waals surface area contributed by atoms with Crippen molar-refractivity contribution >= 4 is 0 Å². The van der Waals surface area contributed by atoms with Gasteiger partial charge in [0.05, 0.1) is 21.3 Å². The second-order valence-electron chi connectivity index (χ2n) is 4.91. The minimum absolute atomic E-state index is 0.236. The molecule has 0 spiro atoms. The van der Waals surface area contributed by atoms with Crippen LogP contribution in [0.4, 0.5) is 0 Å². The number of aliphatic hydroxyl groups excluding tert-OH is 1. The van der Waals surface area contributed by atoms with E-state index in [1.54, 1.807) is 21.3 Å². The van der Waals surface area contributed by atoms with Crippen molar-refractivity contribution in [2.45, 2.75) is 26.3 Å². The number of nitrogens with one attached hydrogen (secondary N) is 1. The molecule has 2 N–H and O–H groups in total. The molecule has 5 heteroatoms. The van der Waals surface area contributed by atoms with Gasteiger partial charge in [0.2, 0.25) is 5.75 Å². The fourth-order valence-electron chi connectivity index (χ4n) is 2.35. The molecule has 1 aromatic rings. The molecule has 0 radical (unpaired) electrons. The summed E-state index contributed by atoms with van der Waals surface area (Å²) in [6.07, 6.45) is 1.88. The summed E-state index contributed by atoms with van der Waals surface area (Å²) < 4.78 is 16.1. The lowest BCUT2D eigenvalue weighted by atomic mass is 10.0. The van der Waals surface area contributed by atoms with Gasteiger partial charge in [-0.2, -0.15) is 0 Å². The van der Waals surface area contributed by atoms with Crippen molar-refractivity contribution in [1.29, 1.82) is 0 Å². The van der Waals surface area contributed by atoms with Gasteiger partial charge in [0.25, 0.3) is 0 Å². The van der Waals surface area contributed by atoms with E-state index >= 15 is 0 Å². The lowest BCUT2D eigenvalue weighted by Gasteiger charge is -2.18. The van der Waals surface area contributed by atoms with Crippen LogP contribution in [-0.2, 0) is 6.54 Å². The van der Waals surface area contributed by atoms with E-state index in [0.717, 1.165) is 24.9 Å². The fraction of sp³-hybridized carbons (Fsp3) is 0.625. The second kappa shape index (κ2) is 9.47. The third-order valence-corrected chi connectivity index (χ3v) is 3.65. The molecule has 0 amide bonds. The van der Waals surface area contributed by atoms with Crippen LogP contribution in [0.1, 0.15) is 25.3 Å². The average Bonchev–Trinajstić information content (AvgIpc) is 2.52. The summed E-state index contributed by atoms with van der Waals surface area (Å²) in [5.41, 5.74) is 1.02. The molecular weight excluding hydrogens is 270 g/mol. The Morgan fingerprint density at radius 2 is 1.81 bits per heavy atom. The number of methoxy groups -OCH3 is 3. The molecular formula is C16H27NO4. The van der Waals surface area contributed by atoms with Crippen molar-refractivity contribution in [2.75, 3.05) is 34.5 Å². The zero-order chi connectivity index (χ0) is 15.7. The molecule has 120 valence electrons. The molecule has 0 aliphatic carbocycles. The van der Waals surface area contributed by atoms with Crippen molar-refractivity contribution in [3.63, 3.8) is 0 Å². The van der Waals surface area contributed by atoms with Gasteiger partial charge in [-0.3, -0.25) is 0 Å². The quantitative estimate of drug-likeness (QED) is 0.693. The Kier molecular flexibility index (Phi) is 7.93. The molecule has 1 rings (SSSR count). The first kappa shape index (κ1) is 17.6. The first-order valence-electron chi connectivity index (χ1n) is 7.31.